The van der Waals surface area contributed by atoms with Crippen molar-refractivity contribution in [2.75, 3.05) is 0 Å². The molecule has 5 aromatic rings. The Bertz CT molecular complexity index is 1590. The number of nitrogens with zero attached hydrogens (tertiary/aromatic N) is 4. The van der Waals surface area contributed by atoms with E-state index in [9.17, 15) is 9.59 Å². The summed E-state index contributed by atoms with van der Waals surface area (Å²) in [5, 5.41) is 0.780. The van der Waals surface area contributed by atoms with E-state index in [-0.39, 0.29) is 6.54 Å². The molecule has 0 fully saturated rings. The van der Waals surface area contributed by atoms with Crippen LogP contribution in [0.2, 0.25) is 10.0 Å². The SMILES string of the molecule is O=c1c2c(ncn2Cc2ccccc2)n(Cc2ccccc2)c(=O)n1Cc1ccc(Cl)c(Cl)c1. The third-order valence-electron chi connectivity index (χ3n) is 5.69. The summed E-state index contributed by atoms with van der Waals surface area (Å²) in [5.74, 6) is 0. The van der Waals surface area contributed by atoms with Gasteiger partial charge in [0.1, 0.15) is 0 Å². The minimum absolute atomic E-state index is 0.0653. The molecule has 0 atom stereocenters. The van der Waals surface area contributed by atoms with E-state index in [1.807, 2.05) is 60.7 Å². The van der Waals surface area contributed by atoms with Crippen molar-refractivity contribution in [3.05, 3.63) is 133 Å². The molecule has 0 saturated carbocycles. The number of halogens is 2. The number of fused-ring (bicyclic) bond motifs is 1. The van der Waals surface area contributed by atoms with E-state index in [0.717, 1.165) is 11.1 Å². The van der Waals surface area contributed by atoms with Gasteiger partial charge in [0.15, 0.2) is 11.2 Å². The van der Waals surface area contributed by atoms with Crippen LogP contribution in [0.3, 0.4) is 0 Å². The van der Waals surface area contributed by atoms with Crippen LogP contribution in [0.5, 0.6) is 0 Å². The molecule has 0 saturated heterocycles. The second-order valence-corrected chi connectivity index (χ2v) is 8.84. The predicted molar refractivity (Wildman–Crippen MR) is 135 cm³/mol. The van der Waals surface area contributed by atoms with Crippen LogP contribution in [0.1, 0.15) is 16.7 Å². The Kier molecular flexibility index (Phi) is 6.09. The van der Waals surface area contributed by atoms with E-state index in [1.54, 1.807) is 33.7 Å². The lowest BCUT2D eigenvalue weighted by atomic mass is 10.2. The van der Waals surface area contributed by atoms with Gasteiger partial charge < -0.3 is 4.57 Å². The van der Waals surface area contributed by atoms with Gasteiger partial charge in [-0.15, -0.1) is 0 Å². The Balaban J connectivity index is 1.69. The zero-order valence-corrected chi connectivity index (χ0v) is 19.6. The Hall–Kier alpha value is -3.61. The van der Waals surface area contributed by atoms with Crippen molar-refractivity contribution in [3.63, 3.8) is 0 Å². The number of rotatable bonds is 6. The normalized spacial score (nSPS) is 11.2. The van der Waals surface area contributed by atoms with Gasteiger partial charge in [-0.3, -0.25) is 13.9 Å². The molecule has 0 aliphatic carbocycles. The van der Waals surface area contributed by atoms with Gasteiger partial charge in [-0.25, -0.2) is 9.78 Å². The fourth-order valence-corrected chi connectivity index (χ4v) is 4.33. The first kappa shape index (κ1) is 22.2. The van der Waals surface area contributed by atoms with Crippen molar-refractivity contribution < 1.29 is 0 Å². The summed E-state index contributed by atoms with van der Waals surface area (Å²) >= 11 is 12.2. The van der Waals surface area contributed by atoms with Crippen molar-refractivity contribution in [1.29, 1.82) is 0 Å². The average molecular weight is 491 g/mol. The monoisotopic (exact) mass is 490 g/mol. The molecule has 0 amide bonds. The molecular formula is C26H20Cl2N4O2. The van der Waals surface area contributed by atoms with Crippen LogP contribution >= 0.6 is 23.2 Å². The lowest BCUT2D eigenvalue weighted by Gasteiger charge is -2.13. The average Bonchev–Trinajstić information content (AvgIpc) is 3.26. The molecule has 5 rings (SSSR count). The maximum atomic E-state index is 13.6. The van der Waals surface area contributed by atoms with Crippen molar-refractivity contribution in [1.82, 2.24) is 18.7 Å². The van der Waals surface area contributed by atoms with Crippen LogP contribution in [0.4, 0.5) is 0 Å². The van der Waals surface area contributed by atoms with Crippen molar-refractivity contribution in [2.45, 2.75) is 19.6 Å². The van der Waals surface area contributed by atoms with Crippen LogP contribution in [0, 0.1) is 0 Å². The lowest BCUT2D eigenvalue weighted by molar-refractivity contribution is 0.628. The highest BCUT2D eigenvalue weighted by atomic mass is 35.5. The van der Waals surface area contributed by atoms with Crippen LogP contribution in [0.25, 0.3) is 11.2 Å². The quantitative estimate of drug-likeness (QED) is 0.343. The van der Waals surface area contributed by atoms with Gasteiger partial charge in [0.05, 0.1) is 29.5 Å². The summed E-state index contributed by atoms with van der Waals surface area (Å²) < 4.78 is 4.57. The van der Waals surface area contributed by atoms with E-state index < -0.39 is 11.2 Å². The molecule has 34 heavy (non-hydrogen) atoms. The fourth-order valence-electron chi connectivity index (χ4n) is 4.01. The van der Waals surface area contributed by atoms with Crippen LogP contribution < -0.4 is 11.2 Å². The number of aromatic nitrogens is 4. The Morgan fingerprint density at radius 3 is 1.94 bits per heavy atom. The molecule has 170 valence electrons. The van der Waals surface area contributed by atoms with Crippen LogP contribution in [0.15, 0.2) is 94.8 Å². The minimum atomic E-state index is -0.433. The molecule has 0 aliphatic heterocycles. The van der Waals surface area contributed by atoms with Gasteiger partial charge >= 0.3 is 5.69 Å². The first-order valence-corrected chi connectivity index (χ1v) is 11.5. The molecule has 0 N–H and O–H groups in total. The van der Waals surface area contributed by atoms with E-state index in [0.29, 0.717) is 39.9 Å². The summed E-state index contributed by atoms with van der Waals surface area (Å²) in [5.41, 5.74) is 2.57. The van der Waals surface area contributed by atoms with E-state index in [2.05, 4.69) is 4.98 Å². The van der Waals surface area contributed by atoms with Gasteiger partial charge in [-0.1, -0.05) is 89.9 Å². The zero-order chi connectivity index (χ0) is 23.7. The molecule has 0 aliphatic rings. The highest BCUT2D eigenvalue weighted by Gasteiger charge is 2.19. The Morgan fingerprint density at radius 1 is 0.676 bits per heavy atom. The maximum Gasteiger partial charge on any atom is 0.333 e. The Morgan fingerprint density at radius 2 is 1.29 bits per heavy atom. The smallest absolute Gasteiger partial charge is 0.320 e. The second-order valence-electron chi connectivity index (χ2n) is 8.02. The van der Waals surface area contributed by atoms with E-state index >= 15 is 0 Å². The third-order valence-corrected chi connectivity index (χ3v) is 6.43. The van der Waals surface area contributed by atoms with Gasteiger partial charge in [0, 0.05) is 6.54 Å². The molecule has 2 aromatic heterocycles. The lowest BCUT2D eigenvalue weighted by Crippen LogP contribution is -2.41. The molecule has 6 nitrogen and oxygen atoms in total. The molecule has 0 spiro atoms. The van der Waals surface area contributed by atoms with Crippen LogP contribution in [-0.2, 0) is 19.6 Å². The molecule has 0 radical (unpaired) electrons. The van der Waals surface area contributed by atoms with E-state index in [4.69, 9.17) is 23.2 Å². The molecule has 8 heteroatoms. The third kappa shape index (κ3) is 4.30. The van der Waals surface area contributed by atoms with Crippen molar-refractivity contribution >= 4 is 34.4 Å². The first-order valence-electron chi connectivity index (χ1n) is 10.7. The summed E-state index contributed by atoms with van der Waals surface area (Å²) in [4.78, 5) is 31.6. The van der Waals surface area contributed by atoms with Gasteiger partial charge in [0.25, 0.3) is 5.56 Å². The summed E-state index contributed by atoms with van der Waals surface area (Å²) in [6, 6.07) is 24.5. The number of benzene rings is 3. The maximum absolute atomic E-state index is 13.6. The zero-order valence-electron chi connectivity index (χ0n) is 18.1. The predicted octanol–water partition coefficient (Wildman–Crippen LogP) is 4.81. The number of hydrogen-bond acceptors (Lipinski definition) is 3. The topological polar surface area (TPSA) is 61.8 Å². The fraction of sp³-hybridized carbons (Fsp3) is 0.115. The number of imidazole rings is 1. The van der Waals surface area contributed by atoms with Crippen molar-refractivity contribution in [2.24, 2.45) is 0 Å². The molecule has 0 unspecified atom stereocenters. The summed E-state index contributed by atoms with van der Waals surface area (Å²) in [6.07, 6.45) is 1.61. The highest BCUT2D eigenvalue weighted by Crippen LogP contribution is 2.23. The van der Waals surface area contributed by atoms with Crippen molar-refractivity contribution in [3.8, 4) is 0 Å². The first-order chi connectivity index (χ1) is 16.5. The molecule has 2 heterocycles. The van der Waals surface area contributed by atoms with Gasteiger partial charge in [-0.2, -0.15) is 0 Å². The standard InChI is InChI=1S/C26H20Cl2N4O2/c27-21-12-11-20(13-22(21)28)16-32-25(33)23-24(29-17-30(23)14-18-7-3-1-4-8-18)31(26(32)34)15-19-9-5-2-6-10-19/h1-13,17H,14-16H2. The molecular weight excluding hydrogens is 471 g/mol. The van der Waals surface area contributed by atoms with Crippen LogP contribution in [-0.4, -0.2) is 18.7 Å². The molecule has 3 aromatic carbocycles. The van der Waals surface area contributed by atoms with Gasteiger partial charge in [0.2, 0.25) is 0 Å². The Labute approximate surface area is 205 Å². The minimum Gasteiger partial charge on any atom is -0.320 e. The highest BCUT2D eigenvalue weighted by molar-refractivity contribution is 6.42. The van der Waals surface area contributed by atoms with E-state index in [1.165, 1.54) is 4.57 Å². The largest absolute Gasteiger partial charge is 0.333 e. The van der Waals surface area contributed by atoms with Gasteiger partial charge in [-0.05, 0) is 28.8 Å². The molecule has 0 bridgehead atoms. The summed E-state index contributed by atoms with van der Waals surface area (Å²) in [7, 11) is 0. The second kappa shape index (κ2) is 9.33. The summed E-state index contributed by atoms with van der Waals surface area (Å²) in [6.45, 7) is 0.818. The number of hydrogen-bond donors (Lipinski definition) is 0.